The Morgan fingerprint density at radius 1 is 1.38 bits per heavy atom. The van der Waals surface area contributed by atoms with E-state index in [0.29, 0.717) is 12.5 Å². The normalized spacial score (nSPS) is 22.2. The van der Waals surface area contributed by atoms with Gasteiger partial charge in [-0.1, -0.05) is 31.9 Å². The van der Waals surface area contributed by atoms with E-state index in [-0.39, 0.29) is 35.3 Å². The number of hydrogen-bond acceptors (Lipinski definition) is 4. The van der Waals surface area contributed by atoms with Crippen LogP contribution >= 0.6 is 0 Å². The molecule has 1 fully saturated rings. The van der Waals surface area contributed by atoms with Gasteiger partial charge in [-0.15, -0.1) is 5.10 Å². The van der Waals surface area contributed by atoms with E-state index in [1.54, 1.807) is 4.68 Å². The van der Waals surface area contributed by atoms with Gasteiger partial charge in [-0.2, -0.15) is 0 Å². The lowest BCUT2D eigenvalue weighted by molar-refractivity contribution is 0.0858. The molecular formula is C14H21N5O2. The van der Waals surface area contributed by atoms with Crippen LogP contribution in [0.3, 0.4) is 0 Å². The zero-order valence-corrected chi connectivity index (χ0v) is 12.4. The lowest BCUT2D eigenvalue weighted by atomic mass is 10.0. The van der Waals surface area contributed by atoms with Crippen LogP contribution in [0.15, 0.2) is 0 Å². The summed E-state index contributed by atoms with van der Waals surface area (Å²) in [7, 11) is 0. The van der Waals surface area contributed by atoms with Crippen LogP contribution in [0.25, 0.3) is 0 Å². The fourth-order valence-electron chi connectivity index (χ4n) is 2.99. The molecule has 2 N–H and O–H groups in total. The lowest BCUT2D eigenvalue weighted by Gasteiger charge is -2.27. The first-order valence-electron chi connectivity index (χ1n) is 7.61. The van der Waals surface area contributed by atoms with Crippen molar-refractivity contribution in [1.29, 1.82) is 0 Å². The summed E-state index contributed by atoms with van der Waals surface area (Å²) in [6, 6.07) is 0.224. The molecule has 21 heavy (non-hydrogen) atoms. The van der Waals surface area contributed by atoms with Crippen molar-refractivity contribution in [3.8, 4) is 0 Å². The summed E-state index contributed by atoms with van der Waals surface area (Å²) in [5, 5.41) is 13.8. The number of carbonyl (C=O) groups is 2. The van der Waals surface area contributed by atoms with Crippen molar-refractivity contribution in [3.05, 3.63) is 11.4 Å². The van der Waals surface area contributed by atoms with Crippen LogP contribution in [0.5, 0.6) is 0 Å². The molecule has 0 aromatic carbocycles. The van der Waals surface area contributed by atoms with Gasteiger partial charge in [-0.25, -0.2) is 4.68 Å². The third-order valence-electron chi connectivity index (χ3n) is 4.35. The molecule has 0 bridgehead atoms. The maximum atomic E-state index is 12.3. The molecule has 1 aromatic heterocycles. The minimum absolute atomic E-state index is 0.0254. The summed E-state index contributed by atoms with van der Waals surface area (Å²) >= 11 is 0. The summed E-state index contributed by atoms with van der Waals surface area (Å²) in [5.74, 6) is -0.245. The van der Waals surface area contributed by atoms with Crippen LogP contribution in [0.2, 0.25) is 0 Å². The number of rotatable bonds is 3. The average molecular weight is 291 g/mol. The molecule has 1 saturated carbocycles. The molecule has 0 saturated heterocycles. The van der Waals surface area contributed by atoms with Gasteiger partial charge in [0.25, 0.3) is 11.8 Å². The fraction of sp³-hybridized carbons (Fsp3) is 0.714. The van der Waals surface area contributed by atoms with Crippen molar-refractivity contribution < 1.29 is 9.59 Å². The number of nitrogens with one attached hydrogen (secondary N) is 2. The third-order valence-corrected chi connectivity index (χ3v) is 4.35. The Morgan fingerprint density at radius 3 is 2.76 bits per heavy atom. The van der Waals surface area contributed by atoms with Crippen LogP contribution in [0.4, 0.5) is 0 Å². The van der Waals surface area contributed by atoms with E-state index < -0.39 is 0 Å². The topological polar surface area (TPSA) is 88.9 Å². The molecule has 1 aliphatic heterocycles. The summed E-state index contributed by atoms with van der Waals surface area (Å²) < 4.78 is 1.55. The van der Waals surface area contributed by atoms with Gasteiger partial charge in [0, 0.05) is 6.04 Å². The molecule has 114 valence electrons. The number of hydrogen-bond donors (Lipinski definition) is 2. The molecule has 1 aromatic rings. The summed E-state index contributed by atoms with van der Waals surface area (Å²) in [6.45, 7) is 4.64. The predicted octanol–water partition coefficient (Wildman–Crippen LogP) is 0.718. The van der Waals surface area contributed by atoms with Crippen molar-refractivity contribution in [2.24, 2.45) is 5.92 Å². The van der Waals surface area contributed by atoms with Gasteiger partial charge in [0.1, 0.15) is 0 Å². The van der Waals surface area contributed by atoms with Gasteiger partial charge in [-0.05, 0) is 18.8 Å². The van der Waals surface area contributed by atoms with Crippen LogP contribution in [0, 0.1) is 5.92 Å². The molecule has 1 unspecified atom stereocenters. The Morgan fingerprint density at radius 2 is 2.10 bits per heavy atom. The monoisotopic (exact) mass is 291 g/mol. The molecule has 1 atom stereocenters. The van der Waals surface area contributed by atoms with E-state index in [4.69, 9.17) is 0 Å². The highest BCUT2D eigenvalue weighted by Crippen LogP contribution is 2.19. The molecule has 7 heteroatoms. The second-order valence-corrected chi connectivity index (χ2v) is 6.25. The quantitative estimate of drug-likeness (QED) is 0.858. The van der Waals surface area contributed by atoms with Gasteiger partial charge < -0.3 is 10.6 Å². The average Bonchev–Trinajstić information content (AvgIpc) is 3.07. The number of nitrogens with zero attached hydrogens (tertiary/aromatic N) is 3. The highest BCUT2D eigenvalue weighted by Gasteiger charge is 2.33. The number of aromatic nitrogens is 3. The summed E-state index contributed by atoms with van der Waals surface area (Å²) in [4.78, 5) is 24.5. The van der Waals surface area contributed by atoms with Gasteiger partial charge in [0.05, 0.1) is 12.6 Å². The van der Waals surface area contributed by atoms with Crippen molar-refractivity contribution in [1.82, 2.24) is 25.6 Å². The number of amides is 2. The van der Waals surface area contributed by atoms with Crippen molar-refractivity contribution in [3.63, 3.8) is 0 Å². The van der Waals surface area contributed by atoms with Gasteiger partial charge >= 0.3 is 0 Å². The van der Waals surface area contributed by atoms with Crippen LogP contribution in [-0.2, 0) is 6.54 Å². The standard InChI is InChI=1S/C14H21N5O2/c1-8(2)10-7-19-12(14(21)16-10)11(17-18-19)13(20)15-9-5-3-4-6-9/h8-10H,3-7H2,1-2H3,(H,15,20)(H,16,21). The maximum Gasteiger partial charge on any atom is 0.274 e. The maximum absolute atomic E-state index is 12.3. The molecule has 0 radical (unpaired) electrons. The minimum Gasteiger partial charge on any atom is -0.348 e. The molecule has 2 heterocycles. The summed E-state index contributed by atoms with van der Waals surface area (Å²) in [6.07, 6.45) is 4.27. The molecule has 0 spiro atoms. The first-order chi connectivity index (χ1) is 10.1. The number of carbonyl (C=O) groups excluding carboxylic acids is 2. The Labute approximate surface area is 123 Å². The number of fused-ring (bicyclic) bond motifs is 1. The summed E-state index contributed by atoms with van der Waals surface area (Å²) in [5.41, 5.74) is 0.420. The first-order valence-corrected chi connectivity index (χ1v) is 7.61. The zero-order valence-electron chi connectivity index (χ0n) is 12.4. The fourth-order valence-corrected chi connectivity index (χ4v) is 2.99. The van der Waals surface area contributed by atoms with Gasteiger partial charge in [0.15, 0.2) is 11.4 Å². The Balaban J connectivity index is 1.79. The predicted molar refractivity (Wildman–Crippen MR) is 75.8 cm³/mol. The highest BCUT2D eigenvalue weighted by atomic mass is 16.2. The third kappa shape index (κ3) is 2.64. The van der Waals surface area contributed by atoms with Crippen LogP contribution < -0.4 is 10.6 Å². The zero-order chi connectivity index (χ0) is 15.0. The van der Waals surface area contributed by atoms with Gasteiger partial charge in [0.2, 0.25) is 0 Å². The largest absolute Gasteiger partial charge is 0.348 e. The SMILES string of the molecule is CC(C)C1Cn2nnc(C(=O)NC3CCCC3)c2C(=O)N1. The highest BCUT2D eigenvalue weighted by molar-refractivity contribution is 6.05. The van der Waals surface area contributed by atoms with Crippen LogP contribution in [-0.4, -0.2) is 38.9 Å². The molecule has 2 amide bonds. The van der Waals surface area contributed by atoms with E-state index in [2.05, 4.69) is 20.9 Å². The van der Waals surface area contributed by atoms with E-state index >= 15 is 0 Å². The van der Waals surface area contributed by atoms with Crippen LogP contribution in [0.1, 0.15) is 60.5 Å². The second-order valence-electron chi connectivity index (χ2n) is 6.25. The smallest absolute Gasteiger partial charge is 0.274 e. The Hall–Kier alpha value is -1.92. The van der Waals surface area contributed by atoms with Gasteiger partial charge in [-0.3, -0.25) is 9.59 Å². The van der Waals surface area contributed by atoms with Crippen molar-refractivity contribution in [2.75, 3.05) is 0 Å². The van der Waals surface area contributed by atoms with Crippen molar-refractivity contribution >= 4 is 11.8 Å². The minimum atomic E-state index is -0.290. The van der Waals surface area contributed by atoms with Crippen molar-refractivity contribution in [2.45, 2.75) is 58.2 Å². The second kappa shape index (κ2) is 5.46. The van der Waals surface area contributed by atoms with E-state index in [1.165, 1.54) is 0 Å². The molecular weight excluding hydrogens is 270 g/mol. The lowest BCUT2D eigenvalue weighted by Crippen LogP contribution is -2.48. The van der Waals surface area contributed by atoms with E-state index in [9.17, 15) is 9.59 Å². The molecule has 2 aliphatic rings. The molecule has 3 rings (SSSR count). The Bertz CT molecular complexity index is 560. The van der Waals surface area contributed by atoms with E-state index in [1.807, 2.05) is 13.8 Å². The molecule has 1 aliphatic carbocycles. The Kier molecular flexibility index (Phi) is 3.65. The van der Waals surface area contributed by atoms with E-state index in [0.717, 1.165) is 25.7 Å². The first kappa shape index (κ1) is 14.0. The molecule has 7 nitrogen and oxygen atoms in total.